The van der Waals surface area contributed by atoms with Crippen LogP contribution in [0.4, 0.5) is 0 Å². The van der Waals surface area contributed by atoms with Crippen molar-refractivity contribution in [1.82, 2.24) is 0 Å². The fourth-order valence-corrected chi connectivity index (χ4v) is 0.381. The molecule has 1 fully saturated rings. The molecule has 0 aromatic rings. The first kappa shape index (κ1) is 3.88. The normalized spacial score (nSPS) is 31.8. The van der Waals surface area contributed by atoms with E-state index >= 15 is 0 Å². The van der Waals surface area contributed by atoms with E-state index in [4.69, 9.17) is 4.74 Å². The van der Waals surface area contributed by atoms with E-state index in [0.717, 1.165) is 6.61 Å². The van der Waals surface area contributed by atoms with Crippen molar-refractivity contribution in [3.05, 3.63) is 12.2 Å². The minimum atomic E-state index is 0.468. The summed E-state index contributed by atoms with van der Waals surface area (Å²) < 4.78 is 4.86. The van der Waals surface area contributed by atoms with Crippen LogP contribution in [0.15, 0.2) is 12.2 Å². The number of allylic oxidation sites excluding steroid dienone is 1. The summed E-state index contributed by atoms with van der Waals surface area (Å²) in [4.78, 5) is 0. The zero-order valence-electron chi connectivity index (χ0n) is 3.85. The average molecular weight is 84.1 g/mol. The molecule has 0 aliphatic carbocycles. The average Bonchev–Trinajstić information content (AvgIpc) is 2.21. The summed E-state index contributed by atoms with van der Waals surface area (Å²) in [6.07, 6.45) is 4.53. The zero-order chi connectivity index (χ0) is 4.41. The predicted octanol–water partition coefficient (Wildman–Crippen LogP) is 0.961. The number of hydrogen-bond donors (Lipinski definition) is 0. The third-order valence-corrected chi connectivity index (χ3v) is 0.766. The molecule has 0 bridgehead atoms. The van der Waals surface area contributed by atoms with E-state index in [1.54, 1.807) is 0 Å². The zero-order valence-corrected chi connectivity index (χ0v) is 3.85. The van der Waals surface area contributed by atoms with Crippen molar-refractivity contribution < 1.29 is 4.74 Å². The summed E-state index contributed by atoms with van der Waals surface area (Å²) in [5, 5.41) is 0. The van der Waals surface area contributed by atoms with Gasteiger partial charge < -0.3 is 4.74 Å². The molecule has 1 saturated heterocycles. The van der Waals surface area contributed by atoms with Crippen LogP contribution in [-0.2, 0) is 4.74 Å². The van der Waals surface area contributed by atoms with Gasteiger partial charge >= 0.3 is 0 Å². The van der Waals surface area contributed by atoms with Crippen molar-refractivity contribution >= 4 is 0 Å². The molecule has 1 heteroatoms. The summed E-state index contributed by atoms with van der Waals surface area (Å²) >= 11 is 0. The van der Waals surface area contributed by atoms with E-state index in [1.807, 2.05) is 13.0 Å². The van der Waals surface area contributed by atoms with Crippen molar-refractivity contribution in [2.75, 3.05) is 6.61 Å². The summed E-state index contributed by atoms with van der Waals surface area (Å²) in [5.41, 5.74) is 0. The minimum absolute atomic E-state index is 0.468. The lowest BCUT2D eigenvalue weighted by molar-refractivity contribution is 0.440. The molecule has 0 aromatic heterocycles. The molecule has 1 aliphatic heterocycles. The van der Waals surface area contributed by atoms with Crippen LogP contribution in [0, 0.1) is 0 Å². The summed E-state index contributed by atoms with van der Waals surface area (Å²) in [6.45, 7) is 2.94. The SMILES string of the molecule is C/C=C/[C@@H]1CO1. The number of hydrogen-bond acceptors (Lipinski definition) is 1. The Morgan fingerprint density at radius 3 is 2.67 bits per heavy atom. The highest BCUT2D eigenvalue weighted by Gasteiger charge is 2.16. The van der Waals surface area contributed by atoms with Gasteiger partial charge in [0.15, 0.2) is 0 Å². The molecular formula is C5H8O. The highest BCUT2D eigenvalue weighted by molar-refractivity contribution is 4.93. The Morgan fingerprint density at radius 2 is 2.50 bits per heavy atom. The smallest absolute Gasteiger partial charge is 0.0990 e. The van der Waals surface area contributed by atoms with Gasteiger partial charge in [-0.2, -0.15) is 0 Å². The number of epoxide rings is 1. The maximum absolute atomic E-state index is 4.86. The largest absolute Gasteiger partial charge is 0.369 e. The highest BCUT2D eigenvalue weighted by Crippen LogP contribution is 2.08. The quantitative estimate of drug-likeness (QED) is 0.340. The maximum Gasteiger partial charge on any atom is 0.0990 e. The van der Waals surface area contributed by atoms with Gasteiger partial charge in [-0.15, -0.1) is 0 Å². The van der Waals surface area contributed by atoms with Gasteiger partial charge in [-0.05, 0) is 6.92 Å². The lowest BCUT2D eigenvalue weighted by Crippen LogP contribution is -1.68. The molecule has 0 radical (unpaired) electrons. The Balaban J connectivity index is 2.15. The standard InChI is InChI=1S/C5H8O/c1-2-3-5-4-6-5/h2-3,5H,4H2,1H3/b3-2+/t5-/m1/s1. The van der Waals surface area contributed by atoms with Crippen LogP contribution in [0.2, 0.25) is 0 Å². The summed E-state index contributed by atoms with van der Waals surface area (Å²) in [6, 6.07) is 0. The van der Waals surface area contributed by atoms with Crippen LogP contribution in [-0.4, -0.2) is 12.7 Å². The van der Waals surface area contributed by atoms with Crippen LogP contribution in [0.3, 0.4) is 0 Å². The van der Waals surface area contributed by atoms with Gasteiger partial charge in [-0.3, -0.25) is 0 Å². The van der Waals surface area contributed by atoms with E-state index in [-0.39, 0.29) is 0 Å². The Morgan fingerprint density at radius 1 is 1.83 bits per heavy atom. The van der Waals surface area contributed by atoms with E-state index < -0.39 is 0 Å². The Labute approximate surface area is 37.6 Å². The van der Waals surface area contributed by atoms with Crippen molar-refractivity contribution in [2.45, 2.75) is 13.0 Å². The Bertz CT molecular complexity index is 62.3. The first-order valence-corrected chi connectivity index (χ1v) is 2.18. The second-order valence-electron chi connectivity index (χ2n) is 1.40. The van der Waals surface area contributed by atoms with Crippen molar-refractivity contribution in [1.29, 1.82) is 0 Å². The second kappa shape index (κ2) is 1.43. The summed E-state index contributed by atoms with van der Waals surface area (Å²) in [5.74, 6) is 0. The molecule has 1 rings (SSSR count). The van der Waals surface area contributed by atoms with Gasteiger partial charge in [-0.1, -0.05) is 12.2 Å². The van der Waals surface area contributed by atoms with Gasteiger partial charge in [0, 0.05) is 0 Å². The van der Waals surface area contributed by atoms with Gasteiger partial charge in [0.1, 0.15) is 0 Å². The monoisotopic (exact) mass is 84.1 g/mol. The number of rotatable bonds is 1. The molecule has 0 unspecified atom stereocenters. The van der Waals surface area contributed by atoms with E-state index in [2.05, 4.69) is 6.08 Å². The molecule has 1 aliphatic rings. The highest BCUT2D eigenvalue weighted by atomic mass is 16.6. The Kier molecular flexibility index (Phi) is 0.926. The van der Waals surface area contributed by atoms with Crippen LogP contribution in [0.5, 0.6) is 0 Å². The Hall–Kier alpha value is -0.300. The van der Waals surface area contributed by atoms with E-state index in [9.17, 15) is 0 Å². The lowest BCUT2D eigenvalue weighted by Gasteiger charge is -1.66. The predicted molar refractivity (Wildman–Crippen MR) is 24.6 cm³/mol. The molecule has 0 N–H and O–H groups in total. The third kappa shape index (κ3) is 0.830. The topological polar surface area (TPSA) is 12.5 Å². The van der Waals surface area contributed by atoms with Gasteiger partial charge in [0.2, 0.25) is 0 Å². The number of ether oxygens (including phenoxy) is 1. The minimum Gasteiger partial charge on any atom is -0.369 e. The first-order chi connectivity index (χ1) is 2.93. The second-order valence-corrected chi connectivity index (χ2v) is 1.40. The van der Waals surface area contributed by atoms with Crippen LogP contribution >= 0.6 is 0 Å². The van der Waals surface area contributed by atoms with Gasteiger partial charge in [0.05, 0.1) is 12.7 Å². The molecule has 0 saturated carbocycles. The maximum atomic E-state index is 4.86. The molecule has 34 valence electrons. The molecule has 1 heterocycles. The van der Waals surface area contributed by atoms with Gasteiger partial charge in [-0.25, -0.2) is 0 Å². The third-order valence-electron chi connectivity index (χ3n) is 0.766. The van der Waals surface area contributed by atoms with Crippen LogP contribution in [0.1, 0.15) is 6.92 Å². The van der Waals surface area contributed by atoms with Crippen molar-refractivity contribution in [2.24, 2.45) is 0 Å². The molecule has 6 heavy (non-hydrogen) atoms. The molecule has 1 nitrogen and oxygen atoms in total. The van der Waals surface area contributed by atoms with Crippen molar-refractivity contribution in [3.63, 3.8) is 0 Å². The molecular weight excluding hydrogens is 76.1 g/mol. The molecule has 0 amide bonds. The van der Waals surface area contributed by atoms with E-state index in [0.29, 0.717) is 6.10 Å². The fraction of sp³-hybridized carbons (Fsp3) is 0.600. The fourth-order valence-electron chi connectivity index (χ4n) is 0.381. The van der Waals surface area contributed by atoms with Gasteiger partial charge in [0.25, 0.3) is 0 Å². The van der Waals surface area contributed by atoms with Crippen LogP contribution in [0.25, 0.3) is 0 Å². The van der Waals surface area contributed by atoms with Crippen LogP contribution < -0.4 is 0 Å². The molecule has 0 spiro atoms. The first-order valence-electron chi connectivity index (χ1n) is 2.18. The summed E-state index contributed by atoms with van der Waals surface area (Å²) in [7, 11) is 0. The van der Waals surface area contributed by atoms with E-state index in [1.165, 1.54) is 0 Å². The lowest BCUT2D eigenvalue weighted by atomic mass is 10.4. The molecule has 1 atom stereocenters. The molecule has 0 aromatic carbocycles. The van der Waals surface area contributed by atoms with Crippen molar-refractivity contribution in [3.8, 4) is 0 Å².